The van der Waals surface area contributed by atoms with E-state index in [0.717, 1.165) is 50.2 Å². The van der Waals surface area contributed by atoms with E-state index in [9.17, 15) is 0 Å². The van der Waals surface area contributed by atoms with Crippen LogP contribution in [0, 0.1) is 0 Å². The summed E-state index contributed by atoms with van der Waals surface area (Å²) in [6, 6.07) is 72.5. The Balaban J connectivity index is 0.926. The molecular formula is C57H38N4O. The fourth-order valence-corrected chi connectivity index (χ4v) is 9.37. The Bertz CT molecular complexity index is 3290. The highest BCUT2D eigenvalue weighted by Gasteiger charge is 2.43. The summed E-state index contributed by atoms with van der Waals surface area (Å²) in [4.78, 5) is 17.8. The number of anilines is 2. The minimum atomic E-state index is 0.0573. The Morgan fingerprint density at radius 1 is 0.419 bits per heavy atom. The van der Waals surface area contributed by atoms with Crippen molar-refractivity contribution in [3.63, 3.8) is 0 Å². The number of nitrogens with zero attached hydrogens (tertiary/aromatic N) is 4. The van der Waals surface area contributed by atoms with Gasteiger partial charge in [0.1, 0.15) is 11.3 Å². The average Bonchev–Trinajstić information content (AvgIpc) is 3.91. The Kier molecular flexibility index (Phi) is 8.56. The van der Waals surface area contributed by atoms with Gasteiger partial charge in [0.15, 0.2) is 17.5 Å². The van der Waals surface area contributed by atoms with Crippen molar-refractivity contribution in [2.45, 2.75) is 12.0 Å². The third kappa shape index (κ3) is 6.13. The van der Waals surface area contributed by atoms with Crippen LogP contribution in [0.15, 0.2) is 217 Å². The number of benzene rings is 8. The SMILES string of the molecule is C1=CC2C(c3ccccc3N2c2ccc(-c3cccc(-c4ccccc4)c3)cc2)c2c1oc1c(-c3nc(-c4ccccc4)nc(-c4ccc(-c5ccccc5)cc4)n3)cccc21. The lowest BCUT2D eigenvalue weighted by Crippen LogP contribution is -2.30. The van der Waals surface area contributed by atoms with Crippen LogP contribution in [0.3, 0.4) is 0 Å². The van der Waals surface area contributed by atoms with Gasteiger partial charge in [0.25, 0.3) is 0 Å². The molecule has 0 N–H and O–H groups in total. The molecule has 0 amide bonds. The molecule has 12 rings (SSSR count). The summed E-state index contributed by atoms with van der Waals surface area (Å²) in [5, 5.41) is 1.07. The molecule has 2 aromatic heterocycles. The lowest BCUT2D eigenvalue weighted by molar-refractivity contribution is 0.584. The molecule has 8 aromatic carbocycles. The van der Waals surface area contributed by atoms with Gasteiger partial charge in [-0.05, 0) is 75.4 Å². The summed E-state index contributed by atoms with van der Waals surface area (Å²) >= 11 is 0. The standard InChI is InChI=1S/C57H38N4O/c1-4-14-37(15-5-1)39-26-28-42(29-27-39)56-58-55(41-18-8-3-9-19-41)59-57(60-56)48-24-13-23-47-53-51(62-54(47)48)35-34-50-52(53)46-22-10-11-25-49(46)61(50)45-32-30-40(31-33-45)44-21-12-20-43(36-44)38-16-6-2-7-17-38/h1-36,50,52H. The summed E-state index contributed by atoms with van der Waals surface area (Å²) in [7, 11) is 0. The van der Waals surface area contributed by atoms with Crippen LogP contribution in [-0.2, 0) is 0 Å². The molecule has 2 aliphatic rings. The van der Waals surface area contributed by atoms with Crippen LogP contribution in [0.5, 0.6) is 0 Å². The first-order chi connectivity index (χ1) is 30.7. The van der Waals surface area contributed by atoms with E-state index in [1.165, 1.54) is 39.1 Å². The highest BCUT2D eigenvalue weighted by molar-refractivity contribution is 5.97. The van der Waals surface area contributed by atoms with E-state index >= 15 is 0 Å². The number of fused-ring (bicyclic) bond motifs is 7. The molecule has 2 unspecified atom stereocenters. The van der Waals surface area contributed by atoms with Gasteiger partial charge in [-0.1, -0.05) is 182 Å². The lowest BCUT2D eigenvalue weighted by atomic mass is 9.82. The molecule has 10 aromatic rings. The quantitative estimate of drug-likeness (QED) is 0.161. The third-order valence-electron chi connectivity index (χ3n) is 12.3. The van der Waals surface area contributed by atoms with Crippen molar-refractivity contribution in [1.29, 1.82) is 0 Å². The van der Waals surface area contributed by atoms with Crippen molar-refractivity contribution in [2.75, 3.05) is 4.90 Å². The number of aromatic nitrogens is 3. The van der Waals surface area contributed by atoms with Crippen molar-refractivity contribution >= 4 is 28.4 Å². The van der Waals surface area contributed by atoms with Gasteiger partial charge in [0.2, 0.25) is 0 Å². The van der Waals surface area contributed by atoms with Crippen LogP contribution in [-0.4, -0.2) is 21.0 Å². The van der Waals surface area contributed by atoms with E-state index in [2.05, 4.69) is 187 Å². The molecule has 1 aliphatic heterocycles. The molecule has 62 heavy (non-hydrogen) atoms. The van der Waals surface area contributed by atoms with Gasteiger partial charge >= 0.3 is 0 Å². The van der Waals surface area contributed by atoms with Crippen LogP contribution in [0.25, 0.3) is 84.6 Å². The van der Waals surface area contributed by atoms with Crippen LogP contribution < -0.4 is 4.90 Å². The lowest BCUT2D eigenvalue weighted by Gasteiger charge is -2.30. The Hall–Kier alpha value is -8.15. The van der Waals surface area contributed by atoms with Gasteiger partial charge < -0.3 is 9.32 Å². The fraction of sp³-hybridized carbons (Fsp3) is 0.0351. The highest BCUT2D eigenvalue weighted by Crippen LogP contribution is 2.54. The largest absolute Gasteiger partial charge is 0.456 e. The second-order valence-electron chi connectivity index (χ2n) is 15.9. The minimum absolute atomic E-state index is 0.0573. The number of hydrogen-bond donors (Lipinski definition) is 0. The average molecular weight is 795 g/mol. The minimum Gasteiger partial charge on any atom is -0.456 e. The van der Waals surface area contributed by atoms with E-state index in [1.54, 1.807) is 0 Å². The van der Waals surface area contributed by atoms with Gasteiger partial charge in [0, 0.05) is 39.4 Å². The van der Waals surface area contributed by atoms with Gasteiger partial charge in [-0.25, -0.2) is 15.0 Å². The normalized spacial score (nSPS) is 15.0. The zero-order valence-electron chi connectivity index (χ0n) is 33.6. The van der Waals surface area contributed by atoms with E-state index in [0.29, 0.717) is 17.5 Å². The first kappa shape index (κ1) is 35.8. The second kappa shape index (κ2) is 14.8. The molecular weight excluding hydrogens is 757 g/mol. The molecule has 1 aliphatic carbocycles. The number of hydrogen-bond acceptors (Lipinski definition) is 5. The maximum atomic E-state index is 6.90. The summed E-state index contributed by atoms with van der Waals surface area (Å²) in [6.07, 6.45) is 4.46. The molecule has 2 atom stereocenters. The van der Waals surface area contributed by atoms with E-state index in [1.807, 2.05) is 36.4 Å². The molecule has 0 saturated carbocycles. The Morgan fingerprint density at radius 3 is 1.61 bits per heavy atom. The van der Waals surface area contributed by atoms with Crippen LogP contribution >= 0.6 is 0 Å². The van der Waals surface area contributed by atoms with Crippen LogP contribution in [0.2, 0.25) is 0 Å². The third-order valence-corrected chi connectivity index (χ3v) is 12.3. The molecule has 0 spiro atoms. The van der Waals surface area contributed by atoms with Gasteiger partial charge in [-0.15, -0.1) is 0 Å². The van der Waals surface area contributed by atoms with Gasteiger partial charge in [-0.2, -0.15) is 0 Å². The fourth-order valence-electron chi connectivity index (χ4n) is 9.37. The maximum absolute atomic E-state index is 6.90. The molecule has 3 heterocycles. The molecule has 0 radical (unpaired) electrons. The van der Waals surface area contributed by atoms with Crippen molar-refractivity contribution in [3.05, 3.63) is 229 Å². The summed E-state index contributed by atoms with van der Waals surface area (Å²) in [5.41, 5.74) is 15.4. The van der Waals surface area contributed by atoms with Crippen LogP contribution in [0.4, 0.5) is 11.4 Å². The molecule has 0 saturated heterocycles. The molecule has 292 valence electrons. The molecule has 0 fully saturated rings. The Morgan fingerprint density at radius 2 is 0.919 bits per heavy atom. The number of rotatable bonds is 7. The zero-order valence-corrected chi connectivity index (χ0v) is 33.6. The van der Waals surface area contributed by atoms with E-state index in [4.69, 9.17) is 19.4 Å². The second-order valence-corrected chi connectivity index (χ2v) is 15.9. The molecule has 5 nitrogen and oxygen atoms in total. The molecule has 5 heteroatoms. The zero-order chi connectivity index (χ0) is 41.0. The summed E-state index contributed by atoms with van der Waals surface area (Å²) in [5.74, 6) is 2.72. The predicted molar refractivity (Wildman–Crippen MR) is 252 cm³/mol. The monoisotopic (exact) mass is 794 g/mol. The number of furan rings is 1. The van der Waals surface area contributed by atoms with E-state index < -0.39 is 0 Å². The first-order valence-electron chi connectivity index (χ1n) is 21.1. The van der Waals surface area contributed by atoms with Crippen molar-refractivity contribution in [3.8, 4) is 67.5 Å². The molecule has 0 bridgehead atoms. The Labute approximate surface area is 360 Å². The van der Waals surface area contributed by atoms with E-state index in [-0.39, 0.29) is 12.0 Å². The van der Waals surface area contributed by atoms with Crippen molar-refractivity contribution in [2.24, 2.45) is 0 Å². The van der Waals surface area contributed by atoms with Crippen molar-refractivity contribution < 1.29 is 4.42 Å². The maximum Gasteiger partial charge on any atom is 0.167 e. The van der Waals surface area contributed by atoms with Crippen molar-refractivity contribution in [1.82, 2.24) is 15.0 Å². The smallest absolute Gasteiger partial charge is 0.167 e. The number of para-hydroxylation sites is 2. The summed E-state index contributed by atoms with van der Waals surface area (Å²) < 4.78 is 6.90. The topological polar surface area (TPSA) is 55.1 Å². The van der Waals surface area contributed by atoms with Gasteiger partial charge in [0.05, 0.1) is 11.6 Å². The summed E-state index contributed by atoms with van der Waals surface area (Å²) in [6.45, 7) is 0. The van der Waals surface area contributed by atoms with Crippen LogP contribution in [0.1, 0.15) is 22.8 Å². The first-order valence-corrected chi connectivity index (χ1v) is 21.1. The van der Waals surface area contributed by atoms with Gasteiger partial charge in [-0.3, -0.25) is 0 Å². The highest BCUT2D eigenvalue weighted by atomic mass is 16.3. The predicted octanol–water partition coefficient (Wildman–Crippen LogP) is 14.3.